The molecule has 0 aliphatic carbocycles. The number of nitrogens with one attached hydrogen (secondary N) is 1. The van der Waals surface area contributed by atoms with Crippen molar-refractivity contribution in [1.29, 1.82) is 0 Å². The van der Waals surface area contributed by atoms with Crippen LogP contribution >= 0.6 is 22.6 Å². The molecule has 0 rings (SSSR count). The smallest absolute Gasteiger partial charge is 0.165 e. The molecule has 0 fully saturated rings. The maximum Gasteiger partial charge on any atom is 0.165 e. The highest BCUT2D eigenvalue weighted by Gasteiger charge is 2.33. The van der Waals surface area contributed by atoms with Gasteiger partial charge in [0.05, 0.1) is 0 Å². The molecule has 0 aliphatic rings. The molecule has 0 aliphatic heterocycles. The molecule has 0 amide bonds. The lowest BCUT2D eigenvalue weighted by molar-refractivity contribution is 0.451. The van der Waals surface area contributed by atoms with Gasteiger partial charge in [-0.05, 0) is 26.8 Å². The Morgan fingerprint density at radius 3 is 2.23 bits per heavy atom. The Kier molecular flexibility index (Phi) is 5.17. The molecule has 80 valence electrons. The van der Waals surface area contributed by atoms with Crippen molar-refractivity contribution in [3.8, 4) is 0 Å². The fraction of sp³-hybridized carbons (Fsp3) is 1.00. The van der Waals surface area contributed by atoms with E-state index in [1.165, 1.54) is 6.26 Å². The number of hydrogen-bond donors (Lipinski definition) is 1. The number of hydrogen-bond acceptors (Lipinski definition) is 3. The van der Waals surface area contributed by atoms with Crippen LogP contribution in [0.1, 0.15) is 26.7 Å². The molecule has 0 saturated carbocycles. The van der Waals surface area contributed by atoms with E-state index in [9.17, 15) is 8.42 Å². The third kappa shape index (κ3) is 4.12. The zero-order valence-corrected chi connectivity index (χ0v) is 11.6. The summed E-state index contributed by atoms with van der Waals surface area (Å²) in [5, 5.41) is 2.88. The molecule has 0 aromatic rings. The Balaban J connectivity index is 4.48. The first-order valence-corrected chi connectivity index (χ1v) is 7.39. The van der Waals surface area contributed by atoms with Crippen molar-refractivity contribution in [2.75, 3.05) is 13.3 Å². The highest BCUT2D eigenvalue weighted by Crippen LogP contribution is 2.21. The van der Waals surface area contributed by atoms with E-state index < -0.39 is 14.7 Å². The monoisotopic (exact) mass is 319 g/mol. The second-order valence-corrected chi connectivity index (χ2v) is 8.14. The zero-order valence-electron chi connectivity index (χ0n) is 8.59. The van der Waals surface area contributed by atoms with Crippen LogP contribution in [0.3, 0.4) is 0 Å². The summed E-state index contributed by atoms with van der Waals surface area (Å²) in [4.78, 5) is -0.771. The average Bonchev–Trinajstić information content (AvgIpc) is 1.98. The highest BCUT2D eigenvalue weighted by atomic mass is 127. The molecule has 13 heavy (non-hydrogen) atoms. The minimum atomic E-state index is -3.02. The Hall–Kier alpha value is 0.640. The summed E-state index contributed by atoms with van der Waals surface area (Å²) in [7, 11) is -1.33. The third-order valence-corrected chi connectivity index (χ3v) is 5.03. The van der Waals surface area contributed by atoms with Gasteiger partial charge < -0.3 is 5.32 Å². The molecule has 5 heteroatoms. The van der Waals surface area contributed by atoms with Crippen LogP contribution in [0, 0.1) is 0 Å². The maximum absolute atomic E-state index is 11.4. The first-order chi connectivity index (χ1) is 5.73. The van der Waals surface area contributed by atoms with Crippen LogP contribution in [-0.4, -0.2) is 30.5 Å². The van der Waals surface area contributed by atoms with Crippen molar-refractivity contribution < 1.29 is 8.42 Å². The van der Waals surface area contributed by atoms with Crippen LogP contribution in [-0.2, 0) is 9.84 Å². The maximum atomic E-state index is 11.4. The van der Waals surface area contributed by atoms with Crippen molar-refractivity contribution in [2.24, 2.45) is 0 Å². The lowest BCUT2D eigenvalue weighted by atomic mass is 10.1. The van der Waals surface area contributed by atoms with E-state index in [1.807, 2.05) is 0 Å². The van der Waals surface area contributed by atoms with E-state index in [-0.39, 0.29) is 0 Å². The molecule has 0 saturated heterocycles. The van der Waals surface area contributed by atoms with Crippen molar-refractivity contribution in [1.82, 2.24) is 5.32 Å². The average molecular weight is 319 g/mol. The summed E-state index contributed by atoms with van der Waals surface area (Å²) in [6.07, 6.45) is 2.85. The van der Waals surface area contributed by atoms with Gasteiger partial charge in [-0.15, -0.1) is 0 Å². The van der Waals surface area contributed by atoms with E-state index in [2.05, 4.69) is 34.8 Å². The van der Waals surface area contributed by atoms with E-state index in [1.54, 1.807) is 14.0 Å². The van der Waals surface area contributed by atoms with Gasteiger partial charge in [-0.3, -0.25) is 0 Å². The lowest BCUT2D eigenvalue weighted by Gasteiger charge is -2.27. The van der Waals surface area contributed by atoms with Crippen molar-refractivity contribution in [3.05, 3.63) is 0 Å². The number of rotatable bonds is 5. The first-order valence-electron chi connectivity index (χ1n) is 4.25. The molecule has 1 N–H and O–H groups in total. The van der Waals surface area contributed by atoms with Crippen molar-refractivity contribution in [2.45, 2.75) is 35.5 Å². The van der Waals surface area contributed by atoms with Crippen LogP contribution in [0.5, 0.6) is 0 Å². The fourth-order valence-electron chi connectivity index (χ4n) is 0.970. The molecule has 0 spiro atoms. The summed E-state index contributed by atoms with van der Waals surface area (Å²) in [5.41, 5.74) is 0. The van der Waals surface area contributed by atoms with Gasteiger partial charge in [0, 0.05) is 10.2 Å². The topological polar surface area (TPSA) is 46.2 Å². The predicted molar refractivity (Wildman–Crippen MR) is 65.0 cm³/mol. The quantitative estimate of drug-likeness (QED) is 0.618. The minimum absolute atomic E-state index is 0.507. The SMILES string of the molecule is CNC(C)(CCC(C)I)S(C)(=O)=O. The summed E-state index contributed by atoms with van der Waals surface area (Å²) < 4.78 is 23.4. The number of sulfone groups is 1. The second-order valence-electron chi connectivity index (χ2n) is 3.57. The predicted octanol–water partition coefficient (Wildman–Crippen LogP) is 1.57. The van der Waals surface area contributed by atoms with E-state index in [0.717, 1.165) is 6.42 Å². The zero-order chi connectivity index (χ0) is 10.7. The summed E-state index contributed by atoms with van der Waals surface area (Å²) in [6, 6.07) is 0. The molecular formula is C8H18INO2S. The standard InChI is InChI=1S/C8H18INO2S/c1-7(9)5-6-8(2,10-3)13(4,11)12/h7,10H,5-6H2,1-4H3. The van der Waals surface area contributed by atoms with Gasteiger partial charge in [0.2, 0.25) is 0 Å². The Labute approximate surface area is 94.7 Å². The first kappa shape index (κ1) is 13.6. The van der Waals surface area contributed by atoms with Gasteiger partial charge in [-0.25, -0.2) is 8.42 Å². The van der Waals surface area contributed by atoms with Gasteiger partial charge >= 0.3 is 0 Å². The van der Waals surface area contributed by atoms with Crippen molar-refractivity contribution in [3.63, 3.8) is 0 Å². The van der Waals surface area contributed by atoms with Crippen LogP contribution < -0.4 is 5.32 Å². The van der Waals surface area contributed by atoms with Gasteiger partial charge in [0.25, 0.3) is 0 Å². The van der Waals surface area contributed by atoms with Gasteiger partial charge in [0.15, 0.2) is 9.84 Å². The molecule has 2 unspecified atom stereocenters. The van der Waals surface area contributed by atoms with Crippen molar-refractivity contribution >= 4 is 32.4 Å². The molecular weight excluding hydrogens is 301 g/mol. The van der Waals surface area contributed by atoms with Crippen LogP contribution in [0.25, 0.3) is 0 Å². The molecule has 0 bridgehead atoms. The van der Waals surface area contributed by atoms with Gasteiger partial charge in [-0.2, -0.15) is 0 Å². The summed E-state index contributed by atoms with van der Waals surface area (Å²) in [6.45, 7) is 3.82. The number of alkyl halides is 1. The third-order valence-electron chi connectivity index (χ3n) is 2.37. The molecule has 0 aromatic carbocycles. The summed E-state index contributed by atoms with van der Waals surface area (Å²) in [5.74, 6) is 0. The molecule has 3 nitrogen and oxygen atoms in total. The second kappa shape index (κ2) is 4.93. The molecule has 0 heterocycles. The number of halogens is 1. The largest absolute Gasteiger partial charge is 0.302 e. The van der Waals surface area contributed by atoms with E-state index in [4.69, 9.17) is 0 Å². The van der Waals surface area contributed by atoms with E-state index >= 15 is 0 Å². The van der Waals surface area contributed by atoms with Crippen LogP contribution in [0.4, 0.5) is 0 Å². The molecule has 0 aromatic heterocycles. The molecule has 2 atom stereocenters. The minimum Gasteiger partial charge on any atom is -0.302 e. The van der Waals surface area contributed by atoms with E-state index in [0.29, 0.717) is 10.3 Å². The normalized spacial score (nSPS) is 19.5. The fourth-order valence-corrected chi connectivity index (χ4v) is 2.14. The Morgan fingerprint density at radius 1 is 1.54 bits per heavy atom. The van der Waals surface area contributed by atoms with Gasteiger partial charge in [-0.1, -0.05) is 29.5 Å². The molecule has 0 radical (unpaired) electrons. The Bertz CT molecular complexity index is 251. The van der Waals surface area contributed by atoms with Crippen LogP contribution in [0.15, 0.2) is 0 Å². The van der Waals surface area contributed by atoms with Crippen LogP contribution in [0.2, 0.25) is 0 Å². The highest BCUT2D eigenvalue weighted by molar-refractivity contribution is 14.1. The lowest BCUT2D eigenvalue weighted by Crippen LogP contribution is -2.47. The Morgan fingerprint density at radius 2 is 2.00 bits per heavy atom. The van der Waals surface area contributed by atoms with Gasteiger partial charge in [0.1, 0.15) is 4.87 Å². The summed E-state index contributed by atoms with van der Waals surface area (Å²) >= 11 is 2.30.